The van der Waals surface area contributed by atoms with Crippen molar-refractivity contribution >= 4 is 17.5 Å². The lowest BCUT2D eigenvalue weighted by molar-refractivity contribution is -0.120. The van der Waals surface area contributed by atoms with Crippen LogP contribution in [0.25, 0.3) is 0 Å². The highest BCUT2D eigenvalue weighted by Crippen LogP contribution is 2.51. The van der Waals surface area contributed by atoms with Crippen LogP contribution in [0.1, 0.15) is 48.0 Å². The lowest BCUT2D eigenvalue weighted by Gasteiger charge is -2.25. The second-order valence-electron chi connectivity index (χ2n) is 5.75. The predicted octanol–water partition coefficient (Wildman–Crippen LogP) is 1.80. The summed E-state index contributed by atoms with van der Waals surface area (Å²) in [6.07, 6.45) is 3.34. The quantitative estimate of drug-likeness (QED) is 0.769. The van der Waals surface area contributed by atoms with Gasteiger partial charge in [0.2, 0.25) is 5.91 Å². The van der Waals surface area contributed by atoms with Crippen molar-refractivity contribution in [3.05, 3.63) is 29.3 Å². The second kappa shape index (κ2) is 3.59. The Hall–Kier alpha value is -1.84. The normalized spacial score (nSPS) is 31.8. The number of carbonyl (C=O) groups is 2. The van der Waals surface area contributed by atoms with Gasteiger partial charge in [0, 0.05) is 12.0 Å². The minimum atomic E-state index is -0.438. The molecule has 1 aromatic rings. The number of rotatable bonds is 0. The molecule has 4 rings (SSSR count). The molecule has 2 heterocycles. The molecule has 0 spiro atoms. The number of para-hydroxylation sites is 1. The average molecular weight is 256 g/mol. The minimum absolute atomic E-state index is 0.0361. The second-order valence-corrected chi connectivity index (χ2v) is 5.75. The Morgan fingerprint density at radius 1 is 1.26 bits per heavy atom. The summed E-state index contributed by atoms with van der Waals surface area (Å²) in [7, 11) is 0. The molecular formula is C15H16N2O2. The smallest absolute Gasteiger partial charge is 0.254 e. The van der Waals surface area contributed by atoms with Crippen molar-refractivity contribution in [3.8, 4) is 0 Å². The number of hydrogen-bond acceptors (Lipinski definition) is 2. The molecule has 4 heteroatoms. The van der Waals surface area contributed by atoms with Gasteiger partial charge in [-0.25, -0.2) is 0 Å². The van der Waals surface area contributed by atoms with Crippen LogP contribution in [0.2, 0.25) is 0 Å². The summed E-state index contributed by atoms with van der Waals surface area (Å²) in [5.74, 6) is 0.339. The molecule has 1 aromatic carbocycles. The standard InChI is InChI=1S/C15H16N2O2/c1-8-15(19)17-12-7-3-4-9(12)10-5-2-6-11(13(10)17)14(18)16-8/h2,5-6,8-9,12H,3-4,7H2,1H3,(H,16,18)/t8-,9?,12?/m1/s1. The Morgan fingerprint density at radius 3 is 2.95 bits per heavy atom. The number of nitrogens with one attached hydrogen (secondary N) is 1. The van der Waals surface area contributed by atoms with E-state index in [0.29, 0.717) is 11.5 Å². The van der Waals surface area contributed by atoms with Crippen molar-refractivity contribution in [3.63, 3.8) is 0 Å². The van der Waals surface area contributed by atoms with E-state index < -0.39 is 6.04 Å². The fourth-order valence-electron chi connectivity index (χ4n) is 3.91. The maximum Gasteiger partial charge on any atom is 0.254 e. The molecule has 4 nitrogen and oxygen atoms in total. The first-order valence-corrected chi connectivity index (χ1v) is 6.95. The fraction of sp³-hybridized carbons (Fsp3) is 0.467. The molecule has 19 heavy (non-hydrogen) atoms. The molecule has 1 saturated carbocycles. The molecule has 1 N–H and O–H groups in total. The molecular weight excluding hydrogens is 240 g/mol. The van der Waals surface area contributed by atoms with Crippen LogP contribution in [0.15, 0.2) is 18.2 Å². The van der Waals surface area contributed by atoms with Crippen molar-refractivity contribution < 1.29 is 9.59 Å². The van der Waals surface area contributed by atoms with Gasteiger partial charge in [-0.15, -0.1) is 0 Å². The summed E-state index contributed by atoms with van der Waals surface area (Å²) in [5.41, 5.74) is 2.73. The lowest BCUT2D eigenvalue weighted by atomic mass is 9.96. The Morgan fingerprint density at radius 2 is 2.11 bits per heavy atom. The van der Waals surface area contributed by atoms with Gasteiger partial charge >= 0.3 is 0 Å². The topological polar surface area (TPSA) is 49.4 Å². The van der Waals surface area contributed by atoms with Crippen LogP contribution < -0.4 is 10.2 Å². The maximum atomic E-state index is 12.6. The van der Waals surface area contributed by atoms with E-state index in [9.17, 15) is 9.59 Å². The Kier molecular flexibility index (Phi) is 2.08. The van der Waals surface area contributed by atoms with E-state index in [1.54, 1.807) is 6.92 Å². The van der Waals surface area contributed by atoms with Crippen LogP contribution in [0.3, 0.4) is 0 Å². The van der Waals surface area contributed by atoms with E-state index in [0.717, 1.165) is 18.5 Å². The van der Waals surface area contributed by atoms with Crippen LogP contribution in [-0.2, 0) is 4.79 Å². The van der Waals surface area contributed by atoms with Gasteiger partial charge in [-0.3, -0.25) is 9.59 Å². The minimum Gasteiger partial charge on any atom is -0.340 e. The van der Waals surface area contributed by atoms with E-state index >= 15 is 0 Å². The molecule has 2 aliphatic heterocycles. The van der Waals surface area contributed by atoms with Crippen LogP contribution in [0.5, 0.6) is 0 Å². The molecule has 0 bridgehead atoms. The van der Waals surface area contributed by atoms with Gasteiger partial charge in [0.1, 0.15) is 6.04 Å². The zero-order valence-electron chi connectivity index (χ0n) is 10.8. The van der Waals surface area contributed by atoms with Gasteiger partial charge in [-0.05, 0) is 31.4 Å². The van der Waals surface area contributed by atoms with Gasteiger partial charge < -0.3 is 10.2 Å². The zero-order chi connectivity index (χ0) is 13.1. The van der Waals surface area contributed by atoms with Crippen molar-refractivity contribution in [1.29, 1.82) is 0 Å². The Balaban J connectivity index is 1.99. The molecule has 0 radical (unpaired) electrons. The summed E-state index contributed by atoms with van der Waals surface area (Å²) in [6, 6.07) is 5.67. The van der Waals surface area contributed by atoms with Crippen LogP contribution in [0, 0.1) is 0 Å². The van der Waals surface area contributed by atoms with Crippen LogP contribution in [-0.4, -0.2) is 23.9 Å². The fourth-order valence-corrected chi connectivity index (χ4v) is 3.91. The van der Waals surface area contributed by atoms with Crippen molar-refractivity contribution in [2.75, 3.05) is 4.90 Å². The summed E-state index contributed by atoms with van der Waals surface area (Å²) in [5, 5.41) is 2.79. The van der Waals surface area contributed by atoms with Gasteiger partial charge in [0.25, 0.3) is 5.91 Å². The SMILES string of the molecule is C[C@H]1NC(=O)c2cccc3c2N(C1=O)C1CCCC31. The first kappa shape index (κ1) is 11.0. The number of carbonyl (C=O) groups excluding carboxylic acids is 2. The van der Waals surface area contributed by atoms with Crippen LogP contribution in [0.4, 0.5) is 5.69 Å². The first-order chi connectivity index (χ1) is 9.18. The summed E-state index contributed by atoms with van der Waals surface area (Å²) in [6.45, 7) is 1.77. The summed E-state index contributed by atoms with van der Waals surface area (Å²) >= 11 is 0. The lowest BCUT2D eigenvalue weighted by Crippen LogP contribution is -2.46. The number of fused-ring (bicyclic) bond motifs is 3. The van der Waals surface area contributed by atoms with Crippen molar-refractivity contribution in [2.45, 2.75) is 44.2 Å². The molecule has 2 unspecified atom stereocenters. The van der Waals surface area contributed by atoms with Crippen molar-refractivity contribution in [1.82, 2.24) is 5.32 Å². The number of nitrogens with zero attached hydrogens (tertiary/aromatic N) is 1. The third kappa shape index (κ3) is 1.29. The highest BCUT2D eigenvalue weighted by Gasteiger charge is 2.48. The Bertz CT molecular complexity index is 596. The average Bonchev–Trinajstić information content (AvgIpc) is 2.94. The maximum absolute atomic E-state index is 12.6. The molecule has 0 saturated heterocycles. The molecule has 3 aliphatic rings. The third-order valence-corrected chi connectivity index (χ3v) is 4.72. The van der Waals surface area contributed by atoms with Gasteiger partial charge in [-0.2, -0.15) is 0 Å². The highest BCUT2D eigenvalue weighted by molar-refractivity contribution is 6.13. The van der Waals surface area contributed by atoms with Crippen molar-refractivity contribution in [2.24, 2.45) is 0 Å². The van der Waals surface area contributed by atoms with Gasteiger partial charge in [0.05, 0.1) is 11.3 Å². The molecule has 2 amide bonds. The monoisotopic (exact) mass is 256 g/mol. The number of hydrogen-bond donors (Lipinski definition) is 1. The molecule has 1 aliphatic carbocycles. The molecule has 1 fully saturated rings. The van der Waals surface area contributed by atoms with E-state index in [2.05, 4.69) is 11.4 Å². The highest BCUT2D eigenvalue weighted by atomic mass is 16.2. The molecule has 3 atom stereocenters. The number of anilines is 1. The van der Waals surface area contributed by atoms with Gasteiger partial charge in [-0.1, -0.05) is 18.6 Å². The van der Waals surface area contributed by atoms with E-state index in [-0.39, 0.29) is 17.9 Å². The largest absolute Gasteiger partial charge is 0.340 e. The number of benzene rings is 1. The van der Waals surface area contributed by atoms with E-state index in [1.165, 1.54) is 12.0 Å². The van der Waals surface area contributed by atoms with E-state index in [4.69, 9.17) is 0 Å². The first-order valence-electron chi connectivity index (χ1n) is 6.95. The summed E-state index contributed by atoms with van der Waals surface area (Å²) in [4.78, 5) is 26.7. The number of amides is 2. The molecule has 98 valence electrons. The molecule has 0 aromatic heterocycles. The van der Waals surface area contributed by atoms with Gasteiger partial charge in [0.15, 0.2) is 0 Å². The van der Waals surface area contributed by atoms with Crippen LogP contribution >= 0.6 is 0 Å². The third-order valence-electron chi connectivity index (χ3n) is 4.72. The summed E-state index contributed by atoms with van der Waals surface area (Å²) < 4.78 is 0. The zero-order valence-corrected chi connectivity index (χ0v) is 10.8. The Labute approximate surface area is 111 Å². The van der Waals surface area contributed by atoms with E-state index in [1.807, 2.05) is 17.0 Å². The predicted molar refractivity (Wildman–Crippen MR) is 71.2 cm³/mol.